The number of aromatic nitrogens is 3. The Balaban J connectivity index is 2.21. The second kappa shape index (κ2) is 3.68. The summed E-state index contributed by atoms with van der Waals surface area (Å²) in [7, 11) is 0. The largest absolute Gasteiger partial charge is 0.338 e. The Hall–Kier alpha value is -1.91. The second-order valence-corrected chi connectivity index (χ2v) is 3.42. The van der Waals surface area contributed by atoms with Gasteiger partial charge in [0, 0.05) is 13.1 Å². The molecule has 0 aromatic carbocycles. The van der Waals surface area contributed by atoms with Gasteiger partial charge in [0.2, 0.25) is 5.89 Å². The highest BCUT2D eigenvalue weighted by atomic mass is 16.5. The Morgan fingerprint density at radius 1 is 1.20 bits per heavy atom. The minimum atomic E-state index is 0.434. The molecule has 5 nitrogen and oxygen atoms in total. The zero-order valence-electron chi connectivity index (χ0n) is 8.90. The van der Waals surface area contributed by atoms with Crippen LogP contribution in [-0.4, -0.2) is 15.1 Å². The summed E-state index contributed by atoms with van der Waals surface area (Å²) in [5.74, 6) is 1.68. The van der Waals surface area contributed by atoms with Crippen molar-refractivity contribution in [3.8, 4) is 0 Å². The highest BCUT2D eigenvalue weighted by molar-refractivity contribution is 5.49. The van der Waals surface area contributed by atoms with E-state index in [4.69, 9.17) is 4.52 Å². The lowest BCUT2D eigenvalue weighted by atomic mass is 10.2. The first kappa shape index (κ1) is 9.64. The van der Waals surface area contributed by atoms with E-state index in [-0.39, 0.29) is 0 Å². The lowest BCUT2D eigenvalue weighted by molar-refractivity contribution is 0.394. The summed E-state index contributed by atoms with van der Waals surface area (Å²) in [6, 6.07) is 1.95. The van der Waals surface area contributed by atoms with Crippen LogP contribution in [0.1, 0.15) is 17.0 Å². The minimum absolute atomic E-state index is 0.434. The number of aryl methyl sites for hydroxylation is 3. The molecule has 0 saturated heterocycles. The predicted molar refractivity (Wildman–Crippen MR) is 56.0 cm³/mol. The van der Waals surface area contributed by atoms with Crippen LogP contribution in [0.5, 0.6) is 0 Å². The van der Waals surface area contributed by atoms with Gasteiger partial charge < -0.3 is 9.84 Å². The second-order valence-electron chi connectivity index (χ2n) is 3.42. The molecule has 2 aromatic heterocycles. The monoisotopic (exact) mass is 204 g/mol. The molecule has 0 spiro atoms. The van der Waals surface area contributed by atoms with E-state index in [0.29, 0.717) is 11.8 Å². The van der Waals surface area contributed by atoms with Gasteiger partial charge in [0.25, 0.3) is 5.95 Å². The normalized spacial score (nSPS) is 10.3. The quantitative estimate of drug-likeness (QED) is 0.811. The first-order valence-electron chi connectivity index (χ1n) is 4.66. The van der Waals surface area contributed by atoms with Crippen molar-refractivity contribution in [2.24, 2.45) is 0 Å². The molecule has 0 amide bonds. The lowest BCUT2D eigenvalue weighted by Crippen LogP contribution is -1.96. The third kappa shape index (κ3) is 2.12. The Labute approximate surface area is 87.5 Å². The van der Waals surface area contributed by atoms with E-state index in [1.807, 2.05) is 26.1 Å². The van der Waals surface area contributed by atoms with Gasteiger partial charge in [-0.3, -0.25) is 0 Å². The molecule has 78 valence electrons. The maximum Gasteiger partial charge on any atom is 0.269 e. The zero-order valence-corrected chi connectivity index (χ0v) is 8.90. The van der Waals surface area contributed by atoms with Gasteiger partial charge in [0.05, 0.1) is 0 Å². The first-order chi connectivity index (χ1) is 7.15. The van der Waals surface area contributed by atoms with Crippen molar-refractivity contribution >= 4 is 11.8 Å². The molecule has 5 heteroatoms. The van der Waals surface area contributed by atoms with Crippen LogP contribution in [0.25, 0.3) is 0 Å². The van der Waals surface area contributed by atoms with Crippen molar-refractivity contribution in [2.45, 2.75) is 20.8 Å². The molecule has 2 aromatic rings. The molecule has 0 saturated carbocycles. The molecule has 2 heterocycles. The molecule has 15 heavy (non-hydrogen) atoms. The van der Waals surface area contributed by atoms with Crippen molar-refractivity contribution in [1.29, 1.82) is 0 Å². The van der Waals surface area contributed by atoms with Crippen LogP contribution in [0, 0.1) is 20.8 Å². The third-order valence-electron chi connectivity index (χ3n) is 2.14. The molecule has 0 unspecified atom stereocenters. The highest BCUT2D eigenvalue weighted by Gasteiger charge is 2.03. The predicted octanol–water partition coefficient (Wildman–Crippen LogP) is 2.13. The van der Waals surface area contributed by atoms with Gasteiger partial charge in [-0.1, -0.05) is 0 Å². The van der Waals surface area contributed by atoms with Crippen LogP contribution < -0.4 is 5.32 Å². The van der Waals surface area contributed by atoms with Crippen LogP contribution in [0.3, 0.4) is 0 Å². The summed E-state index contributed by atoms with van der Waals surface area (Å²) in [5, 5.41) is 6.69. The number of nitrogens with one attached hydrogen (secondary N) is 1. The highest BCUT2D eigenvalue weighted by Crippen LogP contribution is 2.14. The first-order valence-corrected chi connectivity index (χ1v) is 4.66. The van der Waals surface area contributed by atoms with Crippen molar-refractivity contribution in [1.82, 2.24) is 15.1 Å². The molecule has 0 aliphatic rings. The maximum atomic E-state index is 4.84. The average molecular weight is 204 g/mol. The van der Waals surface area contributed by atoms with Crippen molar-refractivity contribution < 1.29 is 4.52 Å². The summed E-state index contributed by atoms with van der Waals surface area (Å²) in [4.78, 5) is 8.24. The molecule has 1 N–H and O–H groups in total. The fourth-order valence-electron chi connectivity index (χ4n) is 1.16. The number of rotatable bonds is 2. The van der Waals surface area contributed by atoms with Gasteiger partial charge in [0.1, 0.15) is 5.82 Å². The van der Waals surface area contributed by atoms with Gasteiger partial charge in [-0.25, -0.2) is 4.98 Å². The molecule has 0 aliphatic heterocycles. The maximum absolute atomic E-state index is 4.84. The van der Waals surface area contributed by atoms with E-state index in [0.717, 1.165) is 11.4 Å². The summed E-state index contributed by atoms with van der Waals surface area (Å²) in [6.45, 7) is 5.79. The van der Waals surface area contributed by atoms with Crippen molar-refractivity contribution in [3.63, 3.8) is 0 Å². The van der Waals surface area contributed by atoms with Crippen LogP contribution in [0.2, 0.25) is 0 Å². The third-order valence-corrected chi connectivity index (χ3v) is 2.14. The summed E-state index contributed by atoms with van der Waals surface area (Å²) >= 11 is 0. The number of hydrogen-bond acceptors (Lipinski definition) is 5. The number of hydrogen-bond donors (Lipinski definition) is 1. The van der Waals surface area contributed by atoms with Gasteiger partial charge in [-0.2, -0.15) is 4.98 Å². The Kier molecular flexibility index (Phi) is 2.37. The Morgan fingerprint density at radius 2 is 2.00 bits per heavy atom. The van der Waals surface area contributed by atoms with Crippen LogP contribution in [-0.2, 0) is 0 Å². The topological polar surface area (TPSA) is 63.8 Å². The summed E-state index contributed by atoms with van der Waals surface area (Å²) in [5.41, 5.74) is 2.33. The van der Waals surface area contributed by atoms with Crippen LogP contribution >= 0.6 is 0 Å². The summed E-state index contributed by atoms with van der Waals surface area (Å²) in [6.07, 6.45) is 1.81. The van der Waals surface area contributed by atoms with E-state index in [1.165, 1.54) is 5.56 Å². The van der Waals surface area contributed by atoms with E-state index in [9.17, 15) is 0 Å². The zero-order chi connectivity index (χ0) is 10.8. The number of pyridine rings is 1. The van der Waals surface area contributed by atoms with Gasteiger partial charge in [-0.05, 0) is 36.2 Å². The molecule has 0 aliphatic carbocycles. The van der Waals surface area contributed by atoms with Crippen LogP contribution in [0.15, 0.2) is 16.8 Å². The molecule has 0 fully saturated rings. The van der Waals surface area contributed by atoms with E-state index >= 15 is 0 Å². The van der Waals surface area contributed by atoms with Crippen molar-refractivity contribution in [2.75, 3.05) is 5.32 Å². The molecular weight excluding hydrogens is 192 g/mol. The lowest BCUT2D eigenvalue weighted by Gasteiger charge is -2.03. The van der Waals surface area contributed by atoms with Gasteiger partial charge in [0.15, 0.2) is 0 Å². The average Bonchev–Trinajstić information content (AvgIpc) is 2.58. The fraction of sp³-hybridized carbons (Fsp3) is 0.300. The van der Waals surface area contributed by atoms with Gasteiger partial charge in [-0.15, -0.1) is 0 Å². The van der Waals surface area contributed by atoms with E-state index in [2.05, 4.69) is 20.4 Å². The number of anilines is 2. The molecule has 2 rings (SSSR count). The fourth-order valence-corrected chi connectivity index (χ4v) is 1.16. The Bertz CT molecular complexity index is 478. The van der Waals surface area contributed by atoms with Crippen LogP contribution in [0.4, 0.5) is 11.8 Å². The minimum Gasteiger partial charge on any atom is -0.338 e. The Morgan fingerprint density at radius 3 is 2.60 bits per heavy atom. The van der Waals surface area contributed by atoms with Crippen molar-refractivity contribution in [3.05, 3.63) is 29.3 Å². The molecule has 0 bridgehead atoms. The molecular formula is C10H12N4O. The number of nitrogens with zero attached hydrogens (tertiary/aromatic N) is 3. The van der Waals surface area contributed by atoms with E-state index < -0.39 is 0 Å². The smallest absolute Gasteiger partial charge is 0.269 e. The molecule has 0 atom stereocenters. The molecule has 0 radical (unpaired) electrons. The van der Waals surface area contributed by atoms with E-state index in [1.54, 1.807) is 6.92 Å². The standard InChI is InChI=1S/C10H12N4O/c1-6-4-9(11-5-7(6)2)13-10-12-8(3)15-14-10/h4-5H,1-3H3,(H,11,13,14). The summed E-state index contributed by atoms with van der Waals surface area (Å²) < 4.78 is 4.84. The van der Waals surface area contributed by atoms with Gasteiger partial charge >= 0.3 is 0 Å². The SMILES string of the molecule is Cc1nc(Nc2cc(C)c(C)cn2)no1.